The SMILES string of the molecule is Cc1oc(-c2cccs2)nc1CN(C)CC1CCCNC1. The number of nitrogens with zero attached hydrogens (tertiary/aromatic N) is 2. The molecule has 0 saturated carbocycles. The van der Waals surface area contributed by atoms with E-state index in [-0.39, 0.29) is 0 Å². The van der Waals surface area contributed by atoms with Gasteiger partial charge in [0.05, 0.1) is 10.6 Å². The monoisotopic (exact) mass is 305 g/mol. The Morgan fingerprint density at radius 3 is 3.14 bits per heavy atom. The summed E-state index contributed by atoms with van der Waals surface area (Å²) in [6.45, 7) is 6.30. The van der Waals surface area contributed by atoms with E-state index in [2.05, 4.69) is 33.7 Å². The van der Waals surface area contributed by atoms with E-state index in [0.29, 0.717) is 0 Å². The Kier molecular flexibility index (Phi) is 4.73. The molecule has 0 spiro atoms. The van der Waals surface area contributed by atoms with Gasteiger partial charge in [0.15, 0.2) is 0 Å². The molecule has 4 nitrogen and oxygen atoms in total. The van der Waals surface area contributed by atoms with Gasteiger partial charge in [-0.1, -0.05) is 6.07 Å². The molecule has 0 bridgehead atoms. The van der Waals surface area contributed by atoms with Gasteiger partial charge in [-0.15, -0.1) is 11.3 Å². The zero-order chi connectivity index (χ0) is 14.7. The molecule has 1 aliphatic rings. The molecule has 1 saturated heterocycles. The summed E-state index contributed by atoms with van der Waals surface area (Å²) in [4.78, 5) is 8.13. The van der Waals surface area contributed by atoms with E-state index in [9.17, 15) is 0 Å². The maximum absolute atomic E-state index is 5.81. The third-order valence-electron chi connectivity index (χ3n) is 4.01. The van der Waals surface area contributed by atoms with Crippen LogP contribution in [0.5, 0.6) is 0 Å². The highest BCUT2D eigenvalue weighted by Crippen LogP contribution is 2.26. The van der Waals surface area contributed by atoms with E-state index in [1.54, 1.807) is 11.3 Å². The molecule has 0 aromatic carbocycles. The highest BCUT2D eigenvalue weighted by Gasteiger charge is 2.18. The van der Waals surface area contributed by atoms with Crippen LogP contribution >= 0.6 is 11.3 Å². The second-order valence-corrected chi connectivity index (χ2v) is 6.86. The van der Waals surface area contributed by atoms with Gasteiger partial charge in [0.2, 0.25) is 5.89 Å². The summed E-state index contributed by atoms with van der Waals surface area (Å²) in [6.07, 6.45) is 2.62. The third-order valence-corrected chi connectivity index (χ3v) is 4.87. The summed E-state index contributed by atoms with van der Waals surface area (Å²) in [7, 11) is 2.17. The molecular weight excluding hydrogens is 282 g/mol. The highest BCUT2D eigenvalue weighted by atomic mass is 32.1. The quantitative estimate of drug-likeness (QED) is 0.921. The Bertz CT molecular complexity index is 558. The Morgan fingerprint density at radius 1 is 1.52 bits per heavy atom. The van der Waals surface area contributed by atoms with Crippen molar-refractivity contribution in [2.24, 2.45) is 5.92 Å². The lowest BCUT2D eigenvalue weighted by atomic mass is 9.99. The van der Waals surface area contributed by atoms with Crippen molar-refractivity contribution in [2.45, 2.75) is 26.3 Å². The minimum atomic E-state index is 0.755. The summed E-state index contributed by atoms with van der Waals surface area (Å²) < 4.78 is 5.81. The Balaban J connectivity index is 1.61. The molecule has 1 atom stereocenters. The predicted molar refractivity (Wildman–Crippen MR) is 86.5 cm³/mol. The summed E-state index contributed by atoms with van der Waals surface area (Å²) >= 11 is 1.67. The van der Waals surface area contributed by atoms with Gasteiger partial charge in [-0.25, -0.2) is 4.98 Å². The van der Waals surface area contributed by atoms with Crippen LogP contribution < -0.4 is 5.32 Å². The van der Waals surface area contributed by atoms with Crippen molar-refractivity contribution in [3.63, 3.8) is 0 Å². The first-order chi connectivity index (χ1) is 10.2. The molecule has 114 valence electrons. The van der Waals surface area contributed by atoms with Crippen LogP contribution in [-0.4, -0.2) is 36.6 Å². The van der Waals surface area contributed by atoms with E-state index < -0.39 is 0 Å². The van der Waals surface area contributed by atoms with Crippen molar-refractivity contribution in [1.29, 1.82) is 0 Å². The second kappa shape index (κ2) is 6.73. The fraction of sp³-hybridized carbons (Fsp3) is 0.562. The Labute approximate surface area is 130 Å². The largest absolute Gasteiger partial charge is 0.440 e. The van der Waals surface area contributed by atoms with E-state index in [1.165, 1.54) is 19.4 Å². The summed E-state index contributed by atoms with van der Waals surface area (Å²) in [6, 6.07) is 4.08. The molecule has 2 aromatic rings. The average molecular weight is 305 g/mol. The molecule has 1 unspecified atom stereocenters. The number of hydrogen-bond donors (Lipinski definition) is 1. The molecule has 0 amide bonds. The lowest BCUT2D eigenvalue weighted by Gasteiger charge is -2.27. The highest BCUT2D eigenvalue weighted by molar-refractivity contribution is 7.13. The zero-order valence-electron chi connectivity index (χ0n) is 12.8. The normalized spacial score (nSPS) is 19.3. The molecule has 21 heavy (non-hydrogen) atoms. The topological polar surface area (TPSA) is 41.3 Å². The number of aromatic nitrogens is 1. The van der Waals surface area contributed by atoms with Crippen molar-refractivity contribution < 1.29 is 4.42 Å². The van der Waals surface area contributed by atoms with E-state index >= 15 is 0 Å². The molecular formula is C16H23N3OS. The first-order valence-corrected chi connectivity index (χ1v) is 8.50. The van der Waals surface area contributed by atoms with Crippen molar-refractivity contribution in [3.05, 3.63) is 29.0 Å². The molecule has 5 heteroatoms. The van der Waals surface area contributed by atoms with Gasteiger partial charge >= 0.3 is 0 Å². The first kappa shape index (κ1) is 14.8. The predicted octanol–water partition coefficient (Wildman–Crippen LogP) is 3.14. The Hall–Kier alpha value is -1.17. The molecule has 0 radical (unpaired) electrons. The molecule has 1 N–H and O–H groups in total. The third kappa shape index (κ3) is 3.73. The molecule has 2 aromatic heterocycles. The van der Waals surface area contributed by atoms with Gasteiger partial charge in [-0.2, -0.15) is 0 Å². The van der Waals surface area contributed by atoms with E-state index in [1.807, 2.05) is 13.0 Å². The lowest BCUT2D eigenvalue weighted by Crippen LogP contribution is -2.36. The van der Waals surface area contributed by atoms with Crippen LogP contribution in [0.15, 0.2) is 21.9 Å². The van der Waals surface area contributed by atoms with Crippen LogP contribution in [0.2, 0.25) is 0 Å². The average Bonchev–Trinajstić information content (AvgIpc) is 3.10. The number of aryl methyl sites for hydroxylation is 1. The van der Waals surface area contributed by atoms with Gasteiger partial charge in [-0.05, 0) is 57.3 Å². The van der Waals surface area contributed by atoms with Gasteiger partial charge in [0, 0.05) is 13.1 Å². The van der Waals surface area contributed by atoms with Gasteiger partial charge in [-0.3, -0.25) is 0 Å². The fourth-order valence-corrected chi connectivity index (χ4v) is 3.57. The maximum atomic E-state index is 5.81. The summed E-state index contributed by atoms with van der Waals surface area (Å²) in [5, 5.41) is 5.53. The van der Waals surface area contributed by atoms with Gasteiger partial charge < -0.3 is 14.6 Å². The Morgan fingerprint density at radius 2 is 2.43 bits per heavy atom. The number of hydrogen-bond acceptors (Lipinski definition) is 5. The molecule has 3 rings (SSSR count). The van der Waals surface area contributed by atoms with E-state index in [0.717, 1.165) is 47.8 Å². The number of rotatable bonds is 5. The number of oxazole rings is 1. The van der Waals surface area contributed by atoms with Crippen LogP contribution in [0.4, 0.5) is 0 Å². The van der Waals surface area contributed by atoms with Crippen LogP contribution in [0, 0.1) is 12.8 Å². The van der Waals surface area contributed by atoms with Gasteiger partial charge in [0.1, 0.15) is 5.76 Å². The summed E-state index contributed by atoms with van der Waals surface area (Å²) in [5.41, 5.74) is 1.06. The second-order valence-electron chi connectivity index (χ2n) is 5.91. The molecule has 1 aliphatic heterocycles. The maximum Gasteiger partial charge on any atom is 0.236 e. The first-order valence-electron chi connectivity index (χ1n) is 7.62. The van der Waals surface area contributed by atoms with Crippen LogP contribution in [-0.2, 0) is 6.54 Å². The van der Waals surface area contributed by atoms with Gasteiger partial charge in [0.25, 0.3) is 0 Å². The minimum absolute atomic E-state index is 0.755. The van der Waals surface area contributed by atoms with Crippen LogP contribution in [0.1, 0.15) is 24.3 Å². The smallest absolute Gasteiger partial charge is 0.236 e. The summed E-state index contributed by atoms with van der Waals surface area (Å²) in [5.74, 6) is 2.45. The fourth-order valence-electron chi connectivity index (χ4n) is 2.92. The van der Waals surface area contributed by atoms with Crippen molar-refractivity contribution >= 4 is 11.3 Å². The standard InChI is InChI=1S/C16H23N3OS/c1-12-14(18-16(20-12)15-6-4-8-21-15)11-19(2)10-13-5-3-7-17-9-13/h4,6,8,13,17H,3,5,7,9-11H2,1-2H3. The number of thiophene rings is 1. The van der Waals surface area contributed by atoms with Crippen LogP contribution in [0.3, 0.4) is 0 Å². The minimum Gasteiger partial charge on any atom is -0.440 e. The van der Waals surface area contributed by atoms with E-state index in [4.69, 9.17) is 4.42 Å². The lowest BCUT2D eigenvalue weighted by molar-refractivity contribution is 0.235. The molecule has 0 aliphatic carbocycles. The molecule has 3 heterocycles. The number of nitrogens with one attached hydrogen (secondary N) is 1. The molecule has 1 fully saturated rings. The zero-order valence-corrected chi connectivity index (χ0v) is 13.6. The van der Waals surface area contributed by atoms with Crippen molar-refractivity contribution in [2.75, 3.05) is 26.7 Å². The van der Waals surface area contributed by atoms with Crippen molar-refractivity contribution in [3.8, 4) is 10.8 Å². The van der Waals surface area contributed by atoms with Crippen molar-refractivity contribution in [1.82, 2.24) is 15.2 Å². The number of piperidine rings is 1. The van der Waals surface area contributed by atoms with Crippen LogP contribution in [0.25, 0.3) is 10.8 Å².